The van der Waals surface area contributed by atoms with Crippen molar-refractivity contribution in [1.82, 2.24) is 14.5 Å². The third kappa shape index (κ3) is 5.59. The molecule has 0 amide bonds. The molecule has 1 N–H and O–H groups in total. The number of ether oxygens (including phenoxy) is 1. The van der Waals surface area contributed by atoms with Crippen molar-refractivity contribution < 1.29 is 18.3 Å². The van der Waals surface area contributed by atoms with Gasteiger partial charge in [0.05, 0.1) is 18.2 Å². The lowest BCUT2D eigenvalue weighted by Crippen LogP contribution is -2.49. The minimum absolute atomic E-state index is 0.211. The van der Waals surface area contributed by atoms with Crippen LogP contribution in [0.25, 0.3) is 0 Å². The first kappa shape index (κ1) is 29.2. The Kier molecular flexibility index (Phi) is 8.54. The molecule has 42 heavy (non-hydrogen) atoms. The summed E-state index contributed by atoms with van der Waals surface area (Å²) >= 11 is 0. The van der Waals surface area contributed by atoms with Gasteiger partial charge >= 0.3 is 11.7 Å². The van der Waals surface area contributed by atoms with Gasteiger partial charge in [-0.25, -0.2) is 18.4 Å². The summed E-state index contributed by atoms with van der Waals surface area (Å²) in [4.78, 5) is 35.0. The lowest BCUT2D eigenvalue weighted by Gasteiger charge is -2.41. The zero-order chi connectivity index (χ0) is 30.0. The largest absolute Gasteiger partial charge is 0.463 e. The number of esters is 1. The van der Waals surface area contributed by atoms with Crippen LogP contribution >= 0.6 is 0 Å². The van der Waals surface area contributed by atoms with E-state index < -0.39 is 11.7 Å². The maximum atomic E-state index is 13.8. The predicted octanol–water partition coefficient (Wildman–Crippen LogP) is 4.99. The monoisotopic (exact) mass is 575 g/mol. The van der Waals surface area contributed by atoms with Gasteiger partial charge in [-0.3, -0.25) is 9.47 Å². The highest BCUT2D eigenvalue weighted by Crippen LogP contribution is 2.42. The Hall–Kier alpha value is -4.31. The van der Waals surface area contributed by atoms with Crippen molar-refractivity contribution in [3.05, 3.63) is 111 Å². The van der Waals surface area contributed by atoms with Crippen molar-refractivity contribution >= 4 is 17.6 Å². The van der Waals surface area contributed by atoms with Crippen LogP contribution < -0.4 is 15.9 Å². The molecule has 8 nitrogen and oxygen atoms in total. The molecule has 5 rings (SSSR count). The molecule has 1 atom stereocenters. The average molecular weight is 576 g/mol. The fourth-order valence-electron chi connectivity index (χ4n) is 5.98. The summed E-state index contributed by atoms with van der Waals surface area (Å²) < 4.78 is 34.4. The lowest BCUT2D eigenvalue weighted by molar-refractivity contribution is -0.138. The van der Waals surface area contributed by atoms with Gasteiger partial charge in [0.25, 0.3) is 0 Å². The van der Waals surface area contributed by atoms with E-state index in [1.807, 2.05) is 6.92 Å². The van der Waals surface area contributed by atoms with Crippen LogP contribution in [0.5, 0.6) is 0 Å². The number of piperazine rings is 1. The Labute approximate surface area is 243 Å². The third-order valence-electron chi connectivity index (χ3n) is 7.93. The molecule has 1 aromatic heterocycles. The number of carbonyl (C=O) groups is 1. The second kappa shape index (κ2) is 12.3. The molecule has 220 valence electrons. The number of hydrogen-bond donors (Lipinski definition) is 1. The van der Waals surface area contributed by atoms with Crippen LogP contribution in [0.4, 0.5) is 20.4 Å². The van der Waals surface area contributed by atoms with Gasteiger partial charge in [-0.15, -0.1) is 6.58 Å². The molecule has 1 unspecified atom stereocenters. The second-order valence-corrected chi connectivity index (χ2v) is 10.5. The van der Waals surface area contributed by atoms with Gasteiger partial charge in [0.15, 0.2) is 0 Å². The number of nitrogens with one attached hydrogen (secondary N) is 1. The molecule has 0 spiro atoms. The Balaban J connectivity index is 1.49. The first-order valence-corrected chi connectivity index (χ1v) is 14.1. The number of allylic oxidation sites excluding steroid dienone is 2. The van der Waals surface area contributed by atoms with Crippen LogP contribution in [-0.2, 0) is 16.1 Å². The zero-order valence-corrected chi connectivity index (χ0v) is 24.1. The van der Waals surface area contributed by atoms with Crippen LogP contribution in [0.1, 0.15) is 49.4 Å². The van der Waals surface area contributed by atoms with E-state index in [0.717, 1.165) is 16.7 Å². The number of carbonyl (C=O) groups excluding carboxylic acids is 1. The number of rotatable bonds is 8. The van der Waals surface area contributed by atoms with Crippen LogP contribution in [0.2, 0.25) is 0 Å². The standard InChI is InChI=1S/C32H35F2N5O3/c1-5-15-39-30-27(20(3)26(21(4)35-30)31(40)42-6-2)29(36-32(39)41)38-18-16-37(17-19-38)28(22-7-11-24(33)12-8-22)23-9-13-25(34)14-10-23/h5,7-14,20,28,35H,1,6,15-19H2,2-4H3. The summed E-state index contributed by atoms with van der Waals surface area (Å²) in [5.74, 6) is -0.288. The van der Waals surface area contributed by atoms with Gasteiger partial charge in [-0.1, -0.05) is 37.3 Å². The van der Waals surface area contributed by atoms with Crippen molar-refractivity contribution in [3.8, 4) is 0 Å². The van der Waals surface area contributed by atoms with E-state index in [2.05, 4.69) is 26.7 Å². The highest BCUT2D eigenvalue weighted by Gasteiger charge is 2.36. The van der Waals surface area contributed by atoms with Crippen molar-refractivity contribution in [3.63, 3.8) is 0 Å². The number of benzene rings is 2. The Morgan fingerprint density at radius 1 is 1.07 bits per heavy atom. The highest BCUT2D eigenvalue weighted by molar-refractivity contribution is 5.94. The van der Waals surface area contributed by atoms with E-state index in [1.54, 1.807) is 44.2 Å². The van der Waals surface area contributed by atoms with E-state index in [0.29, 0.717) is 49.1 Å². The summed E-state index contributed by atoms with van der Waals surface area (Å²) in [6.07, 6.45) is 1.64. The Morgan fingerprint density at radius 3 is 2.17 bits per heavy atom. The first-order chi connectivity index (χ1) is 20.2. The molecule has 3 aromatic rings. The van der Waals surface area contributed by atoms with E-state index in [-0.39, 0.29) is 36.7 Å². The molecule has 10 heteroatoms. The third-order valence-corrected chi connectivity index (χ3v) is 7.93. The van der Waals surface area contributed by atoms with Crippen LogP contribution in [0.15, 0.2) is 77.3 Å². The fraction of sp³-hybridized carbons (Fsp3) is 0.344. The Bertz CT molecular complexity index is 1510. The predicted molar refractivity (Wildman–Crippen MR) is 158 cm³/mol. The van der Waals surface area contributed by atoms with Crippen molar-refractivity contribution in [1.29, 1.82) is 0 Å². The molecule has 0 aliphatic carbocycles. The van der Waals surface area contributed by atoms with E-state index in [9.17, 15) is 18.4 Å². The van der Waals surface area contributed by atoms with Crippen molar-refractivity contribution in [2.75, 3.05) is 43.0 Å². The topological polar surface area (TPSA) is 79.7 Å². The second-order valence-electron chi connectivity index (χ2n) is 10.5. The SMILES string of the molecule is C=CCn1c2c(c(N3CCN(C(c4ccc(F)cc4)c4ccc(F)cc4)CC3)nc1=O)C(C)C(C(=O)OCC)=C(C)N2. The fourth-order valence-corrected chi connectivity index (χ4v) is 5.98. The number of aromatic nitrogens is 2. The normalized spacial score (nSPS) is 17.2. The number of halogens is 2. The van der Waals surface area contributed by atoms with E-state index >= 15 is 0 Å². The summed E-state index contributed by atoms with van der Waals surface area (Å²) in [7, 11) is 0. The summed E-state index contributed by atoms with van der Waals surface area (Å²) in [5, 5.41) is 3.29. The van der Waals surface area contributed by atoms with Gasteiger partial charge in [0.1, 0.15) is 23.3 Å². The van der Waals surface area contributed by atoms with Crippen LogP contribution in [0, 0.1) is 11.6 Å². The van der Waals surface area contributed by atoms with Gasteiger partial charge in [-0.05, 0) is 49.2 Å². The van der Waals surface area contributed by atoms with Gasteiger partial charge in [0.2, 0.25) is 0 Å². The van der Waals surface area contributed by atoms with Crippen LogP contribution in [-0.4, -0.2) is 53.2 Å². The molecule has 1 saturated heterocycles. The average Bonchev–Trinajstić information content (AvgIpc) is 2.97. The zero-order valence-electron chi connectivity index (χ0n) is 24.1. The minimum atomic E-state index is -0.409. The van der Waals surface area contributed by atoms with Crippen molar-refractivity contribution in [2.45, 2.75) is 39.3 Å². The lowest BCUT2D eigenvalue weighted by atomic mass is 9.88. The highest BCUT2D eigenvalue weighted by atomic mass is 19.1. The molecule has 2 aromatic carbocycles. The molecular weight excluding hydrogens is 540 g/mol. The summed E-state index contributed by atoms with van der Waals surface area (Å²) in [5.41, 5.74) is 3.28. The molecular formula is C32H35F2N5O3. The quantitative estimate of drug-likeness (QED) is 0.300. The number of anilines is 2. The molecule has 3 heterocycles. The van der Waals surface area contributed by atoms with Crippen molar-refractivity contribution in [2.24, 2.45) is 0 Å². The Morgan fingerprint density at radius 2 is 1.64 bits per heavy atom. The summed E-state index contributed by atoms with van der Waals surface area (Å²) in [6.45, 7) is 12.1. The smallest absolute Gasteiger partial charge is 0.351 e. The van der Waals surface area contributed by atoms with E-state index in [1.165, 1.54) is 28.8 Å². The molecule has 0 radical (unpaired) electrons. The van der Waals surface area contributed by atoms with E-state index in [4.69, 9.17) is 4.74 Å². The first-order valence-electron chi connectivity index (χ1n) is 14.1. The van der Waals surface area contributed by atoms with Crippen LogP contribution in [0.3, 0.4) is 0 Å². The van der Waals surface area contributed by atoms with Gasteiger partial charge < -0.3 is 15.0 Å². The molecule has 0 bridgehead atoms. The molecule has 0 saturated carbocycles. The number of nitrogens with zero attached hydrogens (tertiary/aromatic N) is 4. The molecule has 2 aliphatic rings. The summed E-state index contributed by atoms with van der Waals surface area (Å²) in [6, 6.07) is 12.5. The minimum Gasteiger partial charge on any atom is -0.463 e. The molecule has 1 fully saturated rings. The molecule has 2 aliphatic heterocycles. The van der Waals surface area contributed by atoms with Gasteiger partial charge in [-0.2, -0.15) is 4.98 Å². The number of hydrogen-bond acceptors (Lipinski definition) is 7. The van der Waals surface area contributed by atoms with Gasteiger partial charge in [0, 0.05) is 49.9 Å². The number of fused-ring (bicyclic) bond motifs is 1. The maximum Gasteiger partial charge on any atom is 0.351 e. The maximum absolute atomic E-state index is 13.8.